The van der Waals surface area contributed by atoms with Crippen LogP contribution >= 0.6 is 11.8 Å². The summed E-state index contributed by atoms with van der Waals surface area (Å²) >= 11 is 1.30. The van der Waals surface area contributed by atoms with E-state index in [2.05, 4.69) is 10.2 Å². The lowest BCUT2D eigenvalue weighted by Gasteiger charge is -2.10. The van der Waals surface area contributed by atoms with Gasteiger partial charge in [0.2, 0.25) is 5.91 Å². The van der Waals surface area contributed by atoms with Crippen molar-refractivity contribution in [2.75, 3.05) is 0 Å². The number of carbonyl (C=O) groups is 1. The summed E-state index contributed by atoms with van der Waals surface area (Å²) in [4.78, 5) is 11.4. The van der Waals surface area contributed by atoms with Gasteiger partial charge in [0, 0.05) is 6.42 Å². The number of nitrogens with two attached hydrogens (primary N) is 1. The number of aromatic nitrogens is 3. The second kappa shape index (κ2) is 7.35. The zero-order valence-electron chi connectivity index (χ0n) is 13.3. The zero-order valence-corrected chi connectivity index (χ0v) is 14.1. The minimum atomic E-state index is -0.380. The maximum absolute atomic E-state index is 11.4. The van der Waals surface area contributed by atoms with E-state index in [1.807, 2.05) is 47.0 Å². The molecule has 0 aliphatic carbocycles. The first-order valence-electron chi connectivity index (χ1n) is 7.58. The number of amides is 1. The SMILES string of the molecule is C[C@H](Sc1nnc(Cc2ccccc2)n1Cc1ccco1)C(N)=O. The molecule has 0 aliphatic heterocycles. The molecular formula is C17H18N4O2S. The van der Waals surface area contributed by atoms with E-state index in [4.69, 9.17) is 10.2 Å². The Morgan fingerprint density at radius 2 is 2.04 bits per heavy atom. The monoisotopic (exact) mass is 342 g/mol. The van der Waals surface area contributed by atoms with Crippen LogP contribution in [0.3, 0.4) is 0 Å². The molecule has 7 heteroatoms. The number of hydrogen-bond acceptors (Lipinski definition) is 5. The van der Waals surface area contributed by atoms with Crippen LogP contribution in [0, 0.1) is 0 Å². The van der Waals surface area contributed by atoms with Crippen molar-refractivity contribution >= 4 is 17.7 Å². The molecule has 0 bridgehead atoms. The van der Waals surface area contributed by atoms with Crippen LogP contribution in [0.5, 0.6) is 0 Å². The van der Waals surface area contributed by atoms with E-state index in [-0.39, 0.29) is 11.2 Å². The molecule has 1 aromatic carbocycles. The number of hydrogen-bond donors (Lipinski definition) is 1. The van der Waals surface area contributed by atoms with Crippen LogP contribution in [-0.4, -0.2) is 25.9 Å². The predicted molar refractivity (Wildman–Crippen MR) is 91.6 cm³/mol. The van der Waals surface area contributed by atoms with Crippen LogP contribution in [0.2, 0.25) is 0 Å². The Hall–Kier alpha value is -2.54. The number of furan rings is 1. The topological polar surface area (TPSA) is 86.9 Å². The van der Waals surface area contributed by atoms with Crippen molar-refractivity contribution in [2.24, 2.45) is 5.73 Å². The molecule has 0 fully saturated rings. The van der Waals surface area contributed by atoms with Crippen LogP contribution in [0.1, 0.15) is 24.1 Å². The highest BCUT2D eigenvalue weighted by atomic mass is 32.2. The summed E-state index contributed by atoms with van der Waals surface area (Å²) < 4.78 is 7.41. The van der Waals surface area contributed by atoms with Gasteiger partial charge in [0.1, 0.15) is 11.6 Å². The predicted octanol–water partition coefficient (Wildman–Crippen LogP) is 2.48. The Morgan fingerprint density at radius 1 is 1.25 bits per heavy atom. The van der Waals surface area contributed by atoms with Crippen molar-refractivity contribution in [2.45, 2.75) is 30.3 Å². The average Bonchev–Trinajstić information content (AvgIpc) is 3.21. The van der Waals surface area contributed by atoms with E-state index in [0.29, 0.717) is 18.1 Å². The van der Waals surface area contributed by atoms with Crippen molar-refractivity contribution in [3.63, 3.8) is 0 Å². The first kappa shape index (κ1) is 16.3. The molecule has 1 amide bonds. The summed E-state index contributed by atoms with van der Waals surface area (Å²) in [5, 5.41) is 8.82. The van der Waals surface area contributed by atoms with Gasteiger partial charge in [-0.05, 0) is 24.6 Å². The maximum atomic E-state index is 11.4. The third-order valence-electron chi connectivity index (χ3n) is 3.58. The molecule has 24 heavy (non-hydrogen) atoms. The Labute approximate surface area is 144 Å². The molecule has 0 radical (unpaired) electrons. The zero-order chi connectivity index (χ0) is 16.9. The first-order chi connectivity index (χ1) is 11.6. The molecule has 0 saturated heterocycles. The largest absolute Gasteiger partial charge is 0.467 e. The molecule has 0 saturated carbocycles. The van der Waals surface area contributed by atoms with Crippen molar-refractivity contribution in [3.05, 3.63) is 65.9 Å². The van der Waals surface area contributed by atoms with Crippen molar-refractivity contribution in [1.29, 1.82) is 0 Å². The second-order valence-electron chi connectivity index (χ2n) is 5.39. The number of rotatable bonds is 7. The van der Waals surface area contributed by atoms with E-state index in [1.54, 1.807) is 13.2 Å². The van der Waals surface area contributed by atoms with E-state index in [1.165, 1.54) is 11.8 Å². The number of thioether (sulfide) groups is 1. The third-order valence-corrected chi connectivity index (χ3v) is 4.67. The molecule has 2 N–H and O–H groups in total. The van der Waals surface area contributed by atoms with Gasteiger partial charge >= 0.3 is 0 Å². The van der Waals surface area contributed by atoms with Crippen molar-refractivity contribution in [3.8, 4) is 0 Å². The highest BCUT2D eigenvalue weighted by Crippen LogP contribution is 2.24. The van der Waals surface area contributed by atoms with Gasteiger partial charge in [0.25, 0.3) is 0 Å². The molecule has 0 unspecified atom stereocenters. The van der Waals surface area contributed by atoms with Gasteiger partial charge in [0.15, 0.2) is 5.16 Å². The quantitative estimate of drug-likeness (QED) is 0.667. The van der Waals surface area contributed by atoms with Gasteiger partial charge in [-0.1, -0.05) is 42.1 Å². The van der Waals surface area contributed by atoms with E-state index >= 15 is 0 Å². The molecule has 0 spiro atoms. The minimum Gasteiger partial charge on any atom is -0.467 e. The fraction of sp³-hybridized carbons (Fsp3) is 0.235. The van der Waals surface area contributed by atoms with E-state index in [0.717, 1.165) is 17.1 Å². The van der Waals surface area contributed by atoms with Crippen LogP contribution in [-0.2, 0) is 17.8 Å². The Morgan fingerprint density at radius 3 is 2.71 bits per heavy atom. The molecule has 1 atom stereocenters. The minimum absolute atomic E-state index is 0.378. The molecular weight excluding hydrogens is 324 g/mol. The Balaban J connectivity index is 1.89. The highest BCUT2D eigenvalue weighted by Gasteiger charge is 2.19. The Bertz CT molecular complexity index is 799. The highest BCUT2D eigenvalue weighted by molar-refractivity contribution is 8.00. The Kier molecular flexibility index (Phi) is 5.00. The van der Waals surface area contributed by atoms with Crippen molar-refractivity contribution < 1.29 is 9.21 Å². The van der Waals surface area contributed by atoms with Gasteiger partial charge in [-0.2, -0.15) is 0 Å². The van der Waals surface area contributed by atoms with E-state index in [9.17, 15) is 4.79 Å². The van der Waals surface area contributed by atoms with Crippen LogP contribution < -0.4 is 5.73 Å². The normalized spacial score (nSPS) is 12.2. The fourth-order valence-electron chi connectivity index (χ4n) is 2.25. The summed E-state index contributed by atoms with van der Waals surface area (Å²) in [7, 11) is 0. The standard InChI is InChI=1S/C17H18N4O2S/c1-12(16(18)22)24-17-20-19-15(10-13-6-3-2-4-7-13)21(17)11-14-8-5-9-23-14/h2-9,12H,10-11H2,1H3,(H2,18,22)/t12-/m0/s1. The second-order valence-corrected chi connectivity index (χ2v) is 6.70. The van der Waals surface area contributed by atoms with Gasteiger partial charge in [-0.25, -0.2) is 0 Å². The summed E-state index contributed by atoms with van der Waals surface area (Å²) in [6, 6.07) is 13.8. The van der Waals surface area contributed by atoms with Crippen LogP contribution in [0.25, 0.3) is 0 Å². The molecule has 6 nitrogen and oxygen atoms in total. The first-order valence-corrected chi connectivity index (χ1v) is 8.46. The van der Waals surface area contributed by atoms with Gasteiger partial charge < -0.3 is 10.2 Å². The summed E-state index contributed by atoms with van der Waals surface area (Å²) in [6.45, 7) is 2.27. The maximum Gasteiger partial charge on any atom is 0.230 e. The number of carbonyl (C=O) groups excluding carboxylic acids is 1. The molecule has 2 heterocycles. The van der Waals surface area contributed by atoms with Gasteiger partial charge in [0.05, 0.1) is 18.1 Å². The molecule has 3 rings (SSSR count). The van der Waals surface area contributed by atoms with Crippen LogP contribution in [0.4, 0.5) is 0 Å². The van der Waals surface area contributed by atoms with Crippen molar-refractivity contribution in [1.82, 2.24) is 14.8 Å². The summed E-state index contributed by atoms with van der Waals surface area (Å²) in [5.41, 5.74) is 6.51. The number of benzene rings is 1. The molecule has 2 aromatic heterocycles. The van der Waals surface area contributed by atoms with Crippen LogP contribution in [0.15, 0.2) is 58.3 Å². The number of primary amides is 1. The molecule has 3 aromatic rings. The summed E-state index contributed by atoms with van der Waals surface area (Å²) in [6.07, 6.45) is 2.29. The lowest BCUT2D eigenvalue weighted by molar-refractivity contribution is -0.117. The fourth-order valence-corrected chi connectivity index (χ4v) is 3.07. The third kappa shape index (κ3) is 3.86. The number of nitrogens with zero attached hydrogens (tertiary/aromatic N) is 3. The van der Waals surface area contributed by atoms with Gasteiger partial charge in [-0.15, -0.1) is 10.2 Å². The smallest absolute Gasteiger partial charge is 0.230 e. The van der Waals surface area contributed by atoms with E-state index < -0.39 is 0 Å². The lowest BCUT2D eigenvalue weighted by atomic mass is 10.1. The molecule has 124 valence electrons. The lowest BCUT2D eigenvalue weighted by Crippen LogP contribution is -2.23. The van der Waals surface area contributed by atoms with Gasteiger partial charge in [-0.3, -0.25) is 9.36 Å². The molecule has 0 aliphatic rings. The summed E-state index contributed by atoms with van der Waals surface area (Å²) in [5.74, 6) is 1.24. The average molecular weight is 342 g/mol.